The van der Waals surface area contributed by atoms with Crippen LogP contribution in [0, 0.1) is 12.3 Å². The zero-order chi connectivity index (χ0) is 33.9. The minimum atomic E-state index is -5.08. The largest absolute Gasteiger partial charge is 0.490 e. The normalized spacial score (nSPS) is 11.2. The Labute approximate surface area is 265 Å². The standard InChI is InChI=1S/C26H30N4O5S3.C2HF3O2/c1-16-8-6-11-19(30-26(33)29-13-5-3-4-12-22(31)32)23(16)17-9-7-10-18(14-17)38(34,35)21-15-20(24(27)28)37-25(21)36-2;3-2(4,5)1(6)7/h6-11,14-15H,3-5,12-13H2,1-2H3,(H3,27,28)(H,31,32)(H2,29,30,33);(H,6,7). The molecular formula is C28H31F3N4O7S3. The van der Waals surface area contributed by atoms with E-state index in [4.69, 9.17) is 26.2 Å². The van der Waals surface area contributed by atoms with Crippen molar-refractivity contribution in [2.24, 2.45) is 5.73 Å². The first-order valence-corrected chi connectivity index (χ1v) is 16.6. The first-order valence-electron chi connectivity index (χ1n) is 13.0. The average molecular weight is 689 g/mol. The molecule has 3 rings (SSSR count). The van der Waals surface area contributed by atoms with Crippen LogP contribution in [-0.4, -0.2) is 61.4 Å². The Balaban J connectivity index is 0.000000900. The number of benzene rings is 2. The van der Waals surface area contributed by atoms with E-state index in [1.54, 1.807) is 36.6 Å². The number of nitrogen functional groups attached to an aromatic ring is 1. The fraction of sp³-hybridized carbons (Fsp3) is 0.286. The molecule has 7 N–H and O–H groups in total. The minimum absolute atomic E-state index is 0.0956. The van der Waals surface area contributed by atoms with Crippen molar-refractivity contribution in [3.8, 4) is 11.1 Å². The van der Waals surface area contributed by atoms with E-state index < -0.39 is 34.0 Å². The molecule has 11 nitrogen and oxygen atoms in total. The molecule has 1 heterocycles. The van der Waals surface area contributed by atoms with E-state index in [-0.39, 0.29) is 22.0 Å². The minimum Gasteiger partial charge on any atom is -0.481 e. The molecule has 0 saturated carbocycles. The molecule has 0 atom stereocenters. The molecule has 0 saturated heterocycles. The van der Waals surface area contributed by atoms with Gasteiger partial charge in [-0.05, 0) is 61.4 Å². The third-order valence-electron chi connectivity index (χ3n) is 5.96. The van der Waals surface area contributed by atoms with Crippen molar-refractivity contribution in [3.05, 3.63) is 59.0 Å². The summed E-state index contributed by atoms with van der Waals surface area (Å²) < 4.78 is 59.5. The zero-order valence-corrected chi connectivity index (χ0v) is 26.5. The lowest BCUT2D eigenvalue weighted by atomic mass is 9.98. The number of hydrogen-bond acceptors (Lipinski definition) is 8. The van der Waals surface area contributed by atoms with Crippen molar-refractivity contribution in [1.29, 1.82) is 5.41 Å². The number of amides is 2. The van der Waals surface area contributed by atoms with Crippen molar-refractivity contribution in [3.63, 3.8) is 0 Å². The topological polar surface area (TPSA) is 200 Å². The zero-order valence-electron chi connectivity index (χ0n) is 24.0. The number of nitrogens with two attached hydrogens (primary N) is 1. The van der Waals surface area contributed by atoms with Gasteiger partial charge in [0.05, 0.1) is 24.6 Å². The van der Waals surface area contributed by atoms with Gasteiger partial charge in [-0.25, -0.2) is 18.0 Å². The average Bonchev–Trinajstić information content (AvgIpc) is 3.41. The molecule has 17 heteroatoms. The molecule has 1 aromatic heterocycles. The second-order valence-corrected chi connectivity index (χ2v) is 13.3. The number of carboxylic acid groups (broad SMARTS) is 2. The molecule has 0 aliphatic carbocycles. The van der Waals surface area contributed by atoms with Crippen LogP contribution in [-0.2, 0) is 19.4 Å². The van der Waals surface area contributed by atoms with Gasteiger partial charge < -0.3 is 26.6 Å². The van der Waals surface area contributed by atoms with Crippen LogP contribution >= 0.6 is 23.1 Å². The Bertz CT molecular complexity index is 1660. The van der Waals surface area contributed by atoms with Crippen LogP contribution in [0.1, 0.15) is 36.1 Å². The third kappa shape index (κ3) is 10.8. The molecule has 244 valence electrons. The van der Waals surface area contributed by atoms with Crippen molar-refractivity contribution in [2.75, 3.05) is 18.1 Å². The number of thiophene rings is 1. The summed E-state index contributed by atoms with van der Waals surface area (Å²) in [5, 5.41) is 29.1. The number of thioether (sulfide) groups is 1. The number of hydrogen-bond donors (Lipinski definition) is 6. The van der Waals surface area contributed by atoms with Gasteiger partial charge in [0.1, 0.15) is 5.84 Å². The number of urea groups is 1. The van der Waals surface area contributed by atoms with Gasteiger partial charge in [0.15, 0.2) is 0 Å². The number of aliphatic carboxylic acids is 2. The summed E-state index contributed by atoms with van der Waals surface area (Å²) in [4.78, 5) is 32.6. The molecule has 45 heavy (non-hydrogen) atoms. The number of unbranched alkanes of at least 4 members (excludes halogenated alkanes) is 2. The predicted octanol–water partition coefficient (Wildman–Crippen LogP) is 5.96. The van der Waals surface area contributed by atoms with Gasteiger partial charge in [-0.3, -0.25) is 10.2 Å². The summed E-state index contributed by atoms with van der Waals surface area (Å²) in [7, 11) is -3.90. The Morgan fingerprint density at radius 2 is 1.69 bits per heavy atom. The van der Waals surface area contributed by atoms with Crippen molar-refractivity contribution in [1.82, 2.24) is 5.32 Å². The second-order valence-electron chi connectivity index (χ2n) is 9.30. The summed E-state index contributed by atoms with van der Waals surface area (Å²) in [5.74, 6) is -3.78. The highest BCUT2D eigenvalue weighted by Gasteiger charge is 2.38. The second kappa shape index (κ2) is 16.3. The number of sulfone groups is 1. The Kier molecular flexibility index (Phi) is 13.4. The van der Waals surface area contributed by atoms with Crippen LogP contribution in [0.15, 0.2) is 62.5 Å². The molecule has 2 amide bonds. The van der Waals surface area contributed by atoms with Crippen LogP contribution < -0.4 is 16.4 Å². The maximum absolute atomic E-state index is 13.6. The van der Waals surface area contributed by atoms with E-state index in [9.17, 15) is 31.2 Å². The SMILES string of the molecule is CSc1sc(C(=N)N)cc1S(=O)(=O)c1cccc(-c2c(C)cccc2NC(=O)NCCCCCC(=O)O)c1.O=C(O)C(F)(F)F. The van der Waals surface area contributed by atoms with Gasteiger partial charge in [0.2, 0.25) is 9.84 Å². The monoisotopic (exact) mass is 688 g/mol. The molecule has 2 aromatic carbocycles. The number of halogens is 3. The van der Waals surface area contributed by atoms with Gasteiger partial charge in [0, 0.05) is 18.5 Å². The summed E-state index contributed by atoms with van der Waals surface area (Å²) >= 11 is 2.45. The van der Waals surface area contributed by atoms with Crippen molar-refractivity contribution < 1.29 is 46.2 Å². The highest BCUT2D eigenvalue weighted by Crippen LogP contribution is 2.38. The van der Waals surface area contributed by atoms with Gasteiger partial charge >= 0.3 is 24.1 Å². The number of carbonyl (C=O) groups is 3. The maximum Gasteiger partial charge on any atom is 0.490 e. The highest BCUT2D eigenvalue weighted by molar-refractivity contribution is 8.01. The van der Waals surface area contributed by atoms with Crippen molar-refractivity contribution >= 4 is 62.4 Å². The molecule has 0 aliphatic rings. The van der Waals surface area contributed by atoms with E-state index in [1.807, 2.05) is 13.0 Å². The Hall–Kier alpha value is -4.09. The highest BCUT2D eigenvalue weighted by atomic mass is 32.2. The van der Waals surface area contributed by atoms with Gasteiger partial charge in [-0.1, -0.05) is 30.7 Å². The fourth-order valence-electron chi connectivity index (χ4n) is 3.87. The number of nitrogens with one attached hydrogen (secondary N) is 3. The van der Waals surface area contributed by atoms with E-state index in [0.717, 1.165) is 5.56 Å². The number of carbonyl (C=O) groups excluding carboxylic acids is 1. The molecule has 0 spiro atoms. The fourth-order valence-corrected chi connectivity index (χ4v) is 7.77. The first-order chi connectivity index (χ1) is 21.0. The maximum atomic E-state index is 13.6. The van der Waals surface area contributed by atoms with Crippen LogP contribution in [0.3, 0.4) is 0 Å². The quantitative estimate of drug-likeness (QED) is 0.0575. The van der Waals surface area contributed by atoms with Crippen molar-refractivity contribution in [2.45, 2.75) is 52.8 Å². The summed E-state index contributed by atoms with van der Waals surface area (Å²) in [5.41, 5.74) is 8.30. The number of carboxylic acids is 2. The van der Waals surface area contributed by atoms with Crippen LogP contribution in [0.4, 0.5) is 23.7 Å². The first kappa shape index (κ1) is 37.1. The van der Waals surface area contributed by atoms with E-state index in [1.165, 1.54) is 35.2 Å². The van der Waals surface area contributed by atoms with Gasteiger partial charge in [0.25, 0.3) is 0 Å². The number of aryl methyl sites for hydroxylation is 1. The molecule has 0 fully saturated rings. The summed E-state index contributed by atoms with van der Waals surface area (Å²) in [6.45, 7) is 2.28. The summed E-state index contributed by atoms with van der Waals surface area (Å²) in [6, 6.07) is 13.0. The van der Waals surface area contributed by atoms with E-state index in [2.05, 4.69) is 10.6 Å². The van der Waals surface area contributed by atoms with E-state index >= 15 is 0 Å². The molecule has 0 aliphatic heterocycles. The van der Waals surface area contributed by atoms with Crippen LogP contribution in [0.2, 0.25) is 0 Å². The molecule has 0 bridgehead atoms. The lowest BCUT2D eigenvalue weighted by Gasteiger charge is -2.16. The number of rotatable bonds is 12. The Morgan fingerprint density at radius 1 is 1.04 bits per heavy atom. The third-order valence-corrected chi connectivity index (χ3v) is 10.3. The van der Waals surface area contributed by atoms with E-state index in [0.29, 0.717) is 51.7 Å². The molecule has 0 unspecified atom stereocenters. The smallest absolute Gasteiger partial charge is 0.481 e. The lowest BCUT2D eigenvalue weighted by molar-refractivity contribution is -0.192. The molecule has 0 radical (unpaired) electrons. The van der Waals surface area contributed by atoms with Crippen LogP contribution in [0.5, 0.6) is 0 Å². The van der Waals surface area contributed by atoms with Gasteiger partial charge in [-0.2, -0.15) is 13.2 Å². The van der Waals surface area contributed by atoms with Gasteiger partial charge in [-0.15, -0.1) is 23.1 Å². The molecular weight excluding hydrogens is 658 g/mol. The van der Waals surface area contributed by atoms with Crippen LogP contribution in [0.25, 0.3) is 11.1 Å². The molecule has 3 aromatic rings. The number of anilines is 1. The number of alkyl halides is 3. The Morgan fingerprint density at radius 3 is 2.27 bits per heavy atom. The summed E-state index contributed by atoms with van der Waals surface area (Å²) in [6.07, 6.45) is -1.29. The predicted molar refractivity (Wildman–Crippen MR) is 166 cm³/mol. The lowest BCUT2D eigenvalue weighted by Crippen LogP contribution is -2.29. The number of amidine groups is 1.